The first-order valence-corrected chi connectivity index (χ1v) is 11.2. The maximum absolute atomic E-state index is 12.2. The van der Waals surface area contributed by atoms with E-state index in [2.05, 4.69) is 25.7 Å². The van der Waals surface area contributed by atoms with Gasteiger partial charge in [0, 0.05) is 19.6 Å². The number of nitrogens with zero attached hydrogens (tertiary/aromatic N) is 4. The van der Waals surface area contributed by atoms with E-state index in [-0.39, 0.29) is 11.7 Å². The number of urea groups is 1. The quantitative estimate of drug-likeness (QED) is 0.461. The van der Waals surface area contributed by atoms with Gasteiger partial charge in [0.1, 0.15) is 0 Å². The molecule has 0 saturated carbocycles. The predicted molar refractivity (Wildman–Crippen MR) is 116 cm³/mol. The normalized spacial score (nSPS) is 13.8. The van der Waals surface area contributed by atoms with Gasteiger partial charge in [-0.3, -0.25) is 14.7 Å². The number of carbonyl (C=O) groups is 2. The van der Waals surface area contributed by atoms with E-state index in [1.54, 1.807) is 0 Å². The minimum atomic E-state index is -0.464. The van der Waals surface area contributed by atoms with Crippen LogP contribution in [-0.2, 0) is 16.1 Å². The Morgan fingerprint density at radius 1 is 1.17 bits per heavy atom. The highest BCUT2D eigenvalue weighted by atomic mass is 32.2. The molecule has 2 aromatic rings. The molecule has 0 unspecified atom stereocenters. The molecule has 1 aliphatic heterocycles. The summed E-state index contributed by atoms with van der Waals surface area (Å²) in [6.45, 7) is 5.98. The fraction of sp³-hybridized carbons (Fsp3) is 0.500. The van der Waals surface area contributed by atoms with Crippen molar-refractivity contribution in [3.63, 3.8) is 0 Å². The minimum Gasteiger partial charge on any atom is -0.378 e. The summed E-state index contributed by atoms with van der Waals surface area (Å²) in [4.78, 5) is 26.1. The van der Waals surface area contributed by atoms with Crippen molar-refractivity contribution in [1.29, 1.82) is 0 Å². The van der Waals surface area contributed by atoms with Crippen LogP contribution in [0.5, 0.6) is 0 Å². The van der Waals surface area contributed by atoms with Crippen molar-refractivity contribution in [2.75, 3.05) is 43.5 Å². The molecule has 1 saturated heterocycles. The molecule has 0 aliphatic carbocycles. The first-order chi connectivity index (χ1) is 14.7. The van der Waals surface area contributed by atoms with Gasteiger partial charge in [0.15, 0.2) is 5.16 Å². The van der Waals surface area contributed by atoms with Crippen molar-refractivity contribution in [3.05, 3.63) is 35.9 Å². The summed E-state index contributed by atoms with van der Waals surface area (Å²) in [7, 11) is 0. The first-order valence-electron chi connectivity index (χ1n) is 10.2. The Morgan fingerprint density at radius 3 is 2.67 bits per heavy atom. The van der Waals surface area contributed by atoms with Crippen molar-refractivity contribution < 1.29 is 14.3 Å². The molecule has 30 heavy (non-hydrogen) atoms. The van der Waals surface area contributed by atoms with E-state index in [1.165, 1.54) is 11.8 Å². The second kappa shape index (κ2) is 11.6. The Bertz CT molecular complexity index is 823. The van der Waals surface area contributed by atoms with Gasteiger partial charge < -0.3 is 15.0 Å². The van der Waals surface area contributed by atoms with Crippen molar-refractivity contribution in [2.24, 2.45) is 0 Å². The van der Waals surface area contributed by atoms with Crippen LogP contribution in [0.3, 0.4) is 0 Å². The monoisotopic (exact) mass is 432 g/mol. The lowest BCUT2D eigenvalue weighted by Gasteiger charge is -2.28. The highest BCUT2D eigenvalue weighted by Crippen LogP contribution is 2.24. The lowest BCUT2D eigenvalue weighted by Crippen LogP contribution is -2.40. The molecule has 1 fully saturated rings. The van der Waals surface area contributed by atoms with Crippen LogP contribution >= 0.6 is 11.8 Å². The fourth-order valence-electron chi connectivity index (χ4n) is 3.01. The van der Waals surface area contributed by atoms with Crippen molar-refractivity contribution in [2.45, 2.75) is 31.5 Å². The lowest BCUT2D eigenvalue weighted by atomic mass is 10.2. The molecule has 0 atom stereocenters. The zero-order valence-corrected chi connectivity index (χ0v) is 18.0. The van der Waals surface area contributed by atoms with Gasteiger partial charge >= 0.3 is 6.03 Å². The topological polar surface area (TPSA) is 101 Å². The number of hydrogen-bond donors (Lipinski definition) is 2. The third kappa shape index (κ3) is 6.46. The molecule has 2 heterocycles. The van der Waals surface area contributed by atoms with Gasteiger partial charge in [-0.25, -0.2) is 4.79 Å². The molecule has 1 aliphatic rings. The fourth-order valence-corrected chi connectivity index (χ4v) is 3.74. The van der Waals surface area contributed by atoms with E-state index in [9.17, 15) is 9.59 Å². The largest absolute Gasteiger partial charge is 0.378 e. The average Bonchev–Trinajstić information content (AvgIpc) is 3.16. The van der Waals surface area contributed by atoms with Crippen LogP contribution in [0.1, 0.15) is 25.3 Å². The molecule has 2 N–H and O–H groups in total. The van der Waals surface area contributed by atoms with E-state index >= 15 is 0 Å². The molecular formula is C20H28N6O3S. The summed E-state index contributed by atoms with van der Waals surface area (Å²) in [6.07, 6.45) is 1.86. The average molecular weight is 433 g/mol. The number of morpholine rings is 1. The van der Waals surface area contributed by atoms with Crippen LogP contribution in [-0.4, -0.2) is 65.3 Å². The summed E-state index contributed by atoms with van der Waals surface area (Å²) < 4.78 is 7.46. The molecule has 10 heteroatoms. The van der Waals surface area contributed by atoms with E-state index in [0.717, 1.165) is 37.4 Å². The Hall–Kier alpha value is -2.59. The molecule has 9 nitrogen and oxygen atoms in total. The first kappa shape index (κ1) is 22.1. The molecule has 3 amide bonds. The van der Waals surface area contributed by atoms with E-state index < -0.39 is 6.03 Å². The number of rotatable bonds is 9. The number of amides is 3. The maximum Gasteiger partial charge on any atom is 0.321 e. The number of benzene rings is 1. The van der Waals surface area contributed by atoms with Gasteiger partial charge in [0.2, 0.25) is 11.9 Å². The number of imide groups is 1. The number of thioether (sulfide) groups is 1. The number of aromatic nitrogens is 3. The van der Waals surface area contributed by atoms with Crippen LogP contribution in [0.2, 0.25) is 0 Å². The third-order valence-electron chi connectivity index (χ3n) is 4.58. The number of unbranched alkanes of at least 4 members (excludes halogenated alkanes) is 1. The number of nitrogens with one attached hydrogen (secondary N) is 2. The van der Waals surface area contributed by atoms with Crippen molar-refractivity contribution in [3.8, 4) is 0 Å². The lowest BCUT2D eigenvalue weighted by molar-refractivity contribution is -0.117. The highest BCUT2D eigenvalue weighted by molar-refractivity contribution is 7.99. The van der Waals surface area contributed by atoms with Crippen molar-refractivity contribution in [1.82, 2.24) is 25.4 Å². The van der Waals surface area contributed by atoms with Crippen LogP contribution in [0.4, 0.5) is 10.7 Å². The molecule has 3 rings (SSSR count). The van der Waals surface area contributed by atoms with Gasteiger partial charge in [-0.2, -0.15) is 0 Å². The number of anilines is 1. The van der Waals surface area contributed by atoms with E-state index in [1.807, 2.05) is 41.8 Å². The SMILES string of the molecule is CCCCNC(=O)NC(=O)CSc1nnc(N2CCOCC2)n1Cc1ccccc1. The van der Waals surface area contributed by atoms with Crippen molar-refractivity contribution >= 4 is 29.6 Å². The molecule has 1 aromatic carbocycles. The van der Waals surface area contributed by atoms with Crippen LogP contribution in [0.15, 0.2) is 35.5 Å². The molecule has 1 aromatic heterocycles. The number of ether oxygens (including phenoxy) is 1. The Balaban J connectivity index is 1.65. The van der Waals surface area contributed by atoms with Gasteiger partial charge in [-0.15, -0.1) is 10.2 Å². The molecule has 0 spiro atoms. The summed E-state index contributed by atoms with van der Waals surface area (Å²) in [5.74, 6) is 0.482. The number of carbonyl (C=O) groups excluding carboxylic acids is 2. The van der Waals surface area contributed by atoms with Crippen LogP contribution in [0.25, 0.3) is 0 Å². The van der Waals surface area contributed by atoms with Gasteiger partial charge in [0.25, 0.3) is 0 Å². The summed E-state index contributed by atoms with van der Waals surface area (Å²) in [5, 5.41) is 14.4. The number of hydrogen-bond acceptors (Lipinski definition) is 7. The Kier molecular flexibility index (Phi) is 8.52. The van der Waals surface area contributed by atoms with Crippen LogP contribution < -0.4 is 15.5 Å². The van der Waals surface area contributed by atoms with E-state index in [4.69, 9.17) is 4.74 Å². The molecule has 0 radical (unpaired) electrons. The molecule has 162 valence electrons. The highest BCUT2D eigenvalue weighted by Gasteiger charge is 2.21. The Labute approximate surface area is 180 Å². The second-order valence-electron chi connectivity index (χ2n) is 6.90. The summed E-state index contributed by atoms with van der Waals surface area (Å²) >= 11 is 1.27. The molecular weight excluding hydrogens is 404 g/mol. The minimum absolute atomic E-state index is 0.0806. The maximum atomic E-state index is 12.2. The zero-order valence-electron chi connectivity index (χ0n) is 17.2. The van der Waals surface area contributed by atoms with Gasteiger partial charge in [-0.05, 0) is 12.0 Å². The zero-order chi connectivity index (χ0) is 21.2. The molecule has 0 bridgehead atoms. The smallest absolute Gasteiger partial charge is 0.321 e. The summed E-state index contributed by atoms with van der Waals surface area (Å²) in [6, 6.07) is 9.59. The Morgan fingerprint density at radius 2 is 1.93 bits per heavy atom. The predicted octanol–water partition coefficient (Wildman–Crippen LogP) is 1.88. The van der Waals surface area contributed by atoms with Gasteiger partial charge in [0.05, 0.1) is 25.5 Å². The standard InChI is InChI=1S/C20H28N6O3S/c1-2-3-9-21-18(28)22-17(27)15-30-20-24-23-19(25-10-12-29-13-11-25)26(20)14-16-7-5-4-6-8-16/h4-8H,2-3,9-15H2,1H3,(H2,21,22,27,28). The summed E-state index contributed by atoms with van der Waals surface area (Å²) in [5.41, 5.74) is 1.12. The van der Waals surface area contributed by atoms with Gasteiger partial charge in [-0.1, -0.05) is 55.4 Å². The van der Waals surface area contributed by atoms with Crippen LogP contribution in [0, 0.1) is 0 Å². The van der Waals surface area contributed by atoms with E-state index in [0.29, 0.717) is 31.5 Å². The third-order valence-corrected chi connectivity index (χ3v) is 5.54. The second-order valence-corrected chi connectivity index (χ2v) is 7.84.